The minimum Gasteiger partial charge on any atom is -0.504 e. The zero-order valence-corrected chi connectivity index (χ0v) is 6.07. The van der Waals surface area contributed by atoms with Crippen LogP contribution in [0.1, 0.15) is 18.0 Å². The second-order valence-corrected chi connectivity index (χ2v) is 2.39. The van der Waals surface area contributed by atoms with Crippen molar-refractivity contribution in [3.63, 3.8) is 0 Å². The summed E-state index contributed by atoms with van der Waals surface area (Å²) in [4.78, 5) is 21.2. The van der Waals surface area contributed by atoms with Gasteiger partial charge in [0.1, 0.15) is 0 Å². The van der Waals surface area contributed by atoms with Crippen molar-refractivity contribution >= 4 is 0 Å². The van der Waals surface area contributed by atoms with E-state index in [1.807, 2.05) is 0 Å². The normalized spacial score (nSPS) is 12.7. The van der Waals surface area contributed by atoms with Gasteiger partial charge in [-0.2, -0.15) is 5.26 Å². The topological polar surface area (TPSA) is 104 Å². The average Bonchev–Trinajstić information content (AvgIpc) is 2.05. The smallest absolute Gasteiger partial charge is 0.268 e. The van der Waals surface area contributed by atoms with Crippen molar-refractivity contribution in [1.29, 1.82) is 5.26 Å². The molecule has 0 aliphatic rings. The van der Waals surface area contributed by atoms with Gasteiger partial charge in [0.2, 0.25) is 5.43 Å². The first kappa shape index (κ1) is 8.43. The molecular formula is C7H6N2O3. The Labute approximate surface area is 67.4 Å². The maximum absolute atomic E-state index is 10.7. The molecule has 0 aliphatic carbocycles. The fourth-order valence-corrected chi connectivity index (χ4v) is 0.942. The van der Waals surface area contributed by atoms with Gasteiger partial charge < -0.3 is 10.8 Å². The van der Waals surface area contributed by atoms with Crippen LogP contribution in [0, 0.1) is 11.3 Å². The number of nitrogens with zero attached hydrogens (tertiary/aromatic N) is 1. The lowest BCUT2D eigenvalue weighted by Gasteiger charge is -2.09. The Bertz CT molecular complexity index is 409. The van der Waals surface area contributed by atoms with Gasteiger partial charge in [-0.15, -0.1) is 0 Å². The molecule has 3 N–H and O–H groups in total. The zero-order valence-electron chi connectivity index (χ0n) is 6.07. The van der Waals surface area contributed by atoms with Crippen LogP contribution in [0.5, 0.6) is 5.75 Å². The fourth-order valence-electron chi connectivity index (χ4n) is 0.942. The molecule has 0 bridgehead atoms. The van der Waals surface area contributed by atoms with Gasteiger partial charge in [-0.05, 0) is 0 Å². The van der Waals surface area contributed by atoms with Crippen LogP contribution in [0.25, 0.3) is 0 Å². The maximum atomic E-state index is 10.7. The summed E-state index contributed by atoms with van der Waals surface area (Å²) in [6.45, 7) is 0. The molecule has 1 atom stereocenters. The van der Waals surface area contributed by atoms with E-state index in [0.29, 0.717) is 0 Å². The highest BCUT2D eigenvalue weighted by Gasteiger charge is 2.24. The van der Waals surface area contributed by atoms with Gasteiger partial charge in [-0.3, -0.25) is 9.59 Å². The van der Waals surface area contributed by atoms with E-state index in [4.69, 9.17) is 16.1 Å². The van der Waals surface area contributed by atoms with E-state index >= 15 is 0 Å². The molecular weight excluding hydrogens is 160 g/mol. The molecule has 1 unspecified atom stereocenters. The molecule has 0 aliphatic heterocycles. The third-order valence-corrected chi connectivity index (χ3v) is 1.60. The minimum absolute atomic E-state index is 0.0849. The van der Waals surface area contributed by atoms with Crippen LogP contribution in [-0.4, -0.2) is 5.11 Å². The summed E-state index contributed by atoms with van der Waals surface area (Å²) in [5.74, 6) is -0.595. The second kappa shape index (κ2) is 2.75. The summed E-state index contributed by atoms with van der Waals surface area (Å²) in [6, 6.07) is 0.892. The molecule has 0 radical (unpaired) electrons. The largest absolute Gasteiger partial charge is 0.504 e. The Hall–Kier alpha value is -1.67. The summed E-state index contributed by atoms with van der Waals surface area (Å²) in [7, 11) is 0. The lowest BCUT2D eigenvalue weighted by atomic mass is 10.00. The van der Waals surface area contributed by atoms with Gasteiger partial charge in [-0.1, -0.05) is 0 Å². The quantitative estimate of drug-likeness (QED) is 0.543. The van der Waals surface area contributed by atoms with E-state index in [2.05, 4.69) is 0 Å². The minimum atomic E-state index is -0.918. The van der Waals surface area contributed by atoms with Crippen LogP contribution in [0.3, 0.4) is 0 Å². The molecule has 1 aromatic rings. The molecule has 0 amide bonds. The third kappa shape index (κ3) is 0.984. The summed E-state index contributed by atoms with van der Waals surface area (Å²) in [6.07, 6.45) is -0.0849. The van der Waals surface area contributed by atoms with Gasteiger partial charge in [0, 0.05) is 0 Å². The Morgan fingerprint density at radius 3 is 2.50 bits per heavy atom. The molecule has 12 heavy (non-hydrogen) atoms. The average molecular weight is 166 g/mol. The van der Waals surface area contributed by atoms with Crippen molar-refractivity contribution in [2.24, 2.45) is 5.73 Å². The van der Waals surface area contributed by atoms with Crippen molar-refractivity contribution in [3.05, 3.63) is 26.0 Å². The van der Waals surface area contributed by atoms with E-state index in [9.17, 15) is 9.59 Å². The zero-order chi connectivity index (χ0) is 9.30. The van der Waals surface area contributed by atoms with Gasteiger partial charge in [0.25, 0.3) is 5.43 Å². The number of rotatable bonds is 2. The first-order chi connectivity index (χ1) is 5.59. The van der Waals surface area contributed by atoms with Crippen molar-refractivity contribution in [1.82, 2.24) is 0 Å². The molecule has 5 heteroatoms. The highest BCUT2D eigenvalue weighted by molar-refractivity contribution is 5.40. The van der Waals surface area contributed by atoms with E-state index in [-0.39, 0.29) is 12.0 Å². The van der Waals surface area contributed by atoms with Crippen LogP contribution < -0.4 is 16.6 Å². The van der Waals surface area contributed by atoms with Crippen molar-refractivity contribution in [2.75, 3.05) is 0 Å². The lowest BCUT2D eigenvalue weighted by molar-refractivity contribution is 0.446. The summed E-state index contributed by atoms with van der Waals surface area (Å²) in [5.41, 5.74) is 3.50. The predicted octanol–water partition coefficient (Wildman–Crippen LogP) is -1.10. The number of nitriles is 1. The Kier molecular flexibility index (Phi) is 1.93. The standard InChI is InChI=1S/C7H6N2O3/c8-2-1-3(9)4-5(10)7(12)6(4)11/h3,10H,1,9H2. The molecule has 1 rings (SSSR count). The Morgan fingerprint density at radius 1 is 1.50 bits per heavy atom. The molecule has 0 aromatic heterocycles. The third-order valence-electron chi connectivity index (χ3n) is 1.60. The number of nitrogens with two attached hydrogens (primary N) is 1. The lowest BCUT2D eigenvalue weighted by Crippen LogP contribution is -2.38. The highest BCUT2D eigenvalue weighted by atomic mass is 16.3. The van der Waals surface area contributed by atoms with Gasteiger partial charge in [0.05, 0.1) is 24.1 Å². The van der Waals surface area contributed by atoms with Crippen molar-refractivity contribution in [2.45, 2.75) is 12.5 Å². The number of hydrogen-bond acceptors (Lipinski definition) is 5. The van der Waals surface area contributed by atoms with Gasteiger partial charge in [0.15, 0.2) is 5.75 Å². The van der Waals surface area contributed by atoms with Gasteiger partial charge >= 0.3 is 0 Å². The maximum Gasteiger partial charge on any atom is 0.268 e. The van der Waals surface area contributed by atoms with Crippen LogP contribution >= 0.6 is 0 Å². The van der Waals surface area contributed by atoms with Crippen LogP contribution in [0.4, 0.5) is 0 Å². The molecule has 1 aromatic carbocycles. The highest BCUT2D eigenvalue weighted by Crippen LogP contribution is 2.18. The molecule has 0 fully saturated rings. The van der Waals surface area contributed by atoms with Crippen LogP contribution in [-0.2, 0) is 0 Å². The summed E-state index contributed by atoms with van der Waals surface area (Å²) >= 11 is 0. The first-order valence-corrected chi connectivity index (χ1v) is 3.24. The molecule has 0 heterocycles. The molecule has 0 saturated carbocycles. The second-order valence-electron chi connectivity index (χ2n) is 2.39. The summed E-state index contributed by atoms with van der Waals surface area (Å²) < 4.78 is 0. The fraction of sp³-hybridized carbons (Fsp3) is 0.286. The first-order valence-electron chi connectivity index (χ1n) is 3.24. The Morgan fingerprint density at radius 2 is 2.08 bits per heavy atom. The monoisotopic (exact) mass is 166 g/mol. The van der Waals surface area contributed by atoms with E-state index in [1.54, 1.807) is 6.07 Å². The number of hydrogen-bond donors (Lipinski definition) is 2. The number of aromatic hydroxyl groups is 1. The SMILES string of the molecule is N#CCC(N)c1c(O)c(=O)c1=O. The van der Waals surface area contributed by atoms with Crippen LogP contribution in [0.15, 0.2) is 9.59 Å². The summed E-state index contributed by atoms with van der Waals surface area (Å²) in [5, 5.41) is 17.1. The predicted molar refractivity (Wildman–Crippen MR) is 40.2 cm³/mol. The van der Waals surface area contributed by atoms with Crippen molar-refractivity contribution in [3.8, 4) is 11.8 Å². The van der Waals surface area contributed by atoms with Crippen molar-refractivity contribution < 1.29 is 5.11 Å². The van der Waals surface area contributed by atoms with Crippen LogP contribution in [0.2, 0.25) is 0 Å². The molecule has 0 saturated heterocycles. The van der Waals surface area contributed by atoms with E-state index in [0.717, 1.165) is 0 Å². The van der Waals surface area contributed by atoms with Gasteiger partial charge in [-0.25, -0.2) is 0 Å². The molecule has 5 nitrogen and oxygen atoms in total. The van der Waals surface area contributed by atoms with E-state index < -0.39 is 22.6 Å². The Balaban J connectivity index is 3.01. The molecule has 0 spiro atoms. The van der Waals surface area contributed by atoms with E-state index in [1.165, 1.54) is 0 Å². The molecule has 62 valence electrons.